The van der Waals surface area contributed by atoms with Gasteiger partial charge < -0.3 is 19.7 Å². The van der Waals surface area contributed by atoms with Gasteiger partial charge in [-0.15, -0.1) is 0 Å². The summed E-state index contributed by atoms with van der Waals surface area (Å²) >= 11 is 16.8. The zero-order chi connectivity index (χ0) is 24.4. The van der Waals surface area contributed by atoms with Crippen molar-refractivity contribution in [2.75, 3.05) is 0 Å². The Morgan fingerprint density at radius 3 is 1.35 bits per heavy atom. The number of ether oxygens (including phenoxy) is 2. The van der Waals surface area contributed by atoms with Crippen molar-refractivity contribution >= 4 is 68.4 Å². The van der Waals surface area contributed by atoms with Crippen molar-refractivity contribution in [3.63, 3.8) is 0 Å². The van der Waals surface area contributed by atoms with Crippen LogP contribution >= 0.6 is 68.4 Å². The van der Waals surface area contributed by atoms with Crippen LogP contribution in [-0.4, -0.2) is 40.4 Å². The molecule has 0 aromatic rings. The third kappa shape index (κ3) is 9.92. The molecule has 4 atom stereocenters. The van der Waals surface area contributed by atoms with Gasteiger partial charge in [0.2, 0.25) is 0 Å². The van der Waals surface area contributed by atoms with Crippen molar-refractivity contribution in [1.82, 2.24) is 0 Å². The van der Waals surface area contributed by atoms with Crippen molar-refractivity contribution in [3.05, 3.63) is 41.5 Å². The Kier molecular flexibility index (Phi) is 11.1. The van der Waals surface area contributed by atoms with Crippen LogP contribution < -0.4 is 0 Å². The molecule has 0 aromatic heterocycles. The van der Waals surface area contributed by atoms with E-state index in [1.807, 2.05) is 67.5 Å². The summed E-state index contributed by atoms with van der Waals surface area (Å²) in [4.78, 5) is 0. The van der Waals surface area contributed by atoms with Gasteiger partial charge in [0.1, 0.15) is 24.4 Å². The van der Waals surface area contributed by atoms with Crippen molar-refractivity contribution in [2.24, 2.45) is 10.8 Å². The van der Waals surface area contributed by atoms with Crippen LogP contribution in [0.1, 0.15) is 55.4 Å². The van der Waals surface area contributed by atoms with E-state index in [4.69, 9.17) is 32.7 Å². The molecule has 1 saturated heterocycles. The molecule has 0 saturated carbocycles. The SMILES string of the molecule is CC1(C)O[C@H](/C=C(\I)C(O)/C=C(\Cl)C(C)(C)C)[C@@H](/C=C(\I)C(O)/C=C(\Cl)C(C)(C)C)O1. The molecule has 0 bridgehead atoms. The molecule has 1 aliphatic heterocycles. The number of allylic oxidation sites excluding steroid dienone is 2. The predicted molar refractivity (Wildman–Crippen MR) is 147 cm³/mol. The zero-order valence-electron chi connectivity index (χ0n) is 19.3. The highest BCUT2D eigenvalue weighted by Gasteiger charge is 2.39. The Hall–Kier alpha value is 0.840. The van der Waals surface area contributed by atoms with Gasteiger partial charge in [0.05, 0.1) is 0 Å². The van der Waals surface area contributed by atoms with E-state index < -0.39 is 30.2 Å². The van der Waals surface area contributed by atoms with Crippen molar-refractivity contribution < 1.29 is 19.7 Å². The van der Waals surface area contributed by atoms with E-state index in [1.165, 1.54) is 0 Å². The Labute approximate surface area is 224 Å². The van der Waals surface area contributed by atoms with Crippen LogP contribution in [0.15, 0.2) is 41.5 Å². The zero-order valence-corrected chi connectivity index (χ0v) is 25.2. The lowest BCUT2D eigenvalue weighted by molar-refractivity contribution is -0.139. The highest BCUT2D eigenvalue weighted by atomic mass is 127. The lowest BCUT2D eigenvalue weighted by atomic mass is 9.95. The molecule has 0 amide bonds. The van der Waals surface area contributed by atoms with Gasteiger partial charge in [-0.2, -0.15) is 0 Å². The van der Waals surface area contributed by atoms with Crippen LogP contribution in [-0.2, 0) is 9.47 Å². The average Bonchev–Trinajstić information content (AvgIpc) is 2.85. The fourth-order valence-electron chi connectivity index (χ4n) is 2.52. The molecular weight excluding hydrogens is 665 g/mol. The second-order valence-corrected chi connectivity index (χ2v) is 13.4. The topological polar surface area (TPSA) is 58.9 Å². The van der Waals surface area contributed by atoms with E-state index in [9.17, 15) is 10.2 Å². The Bertz CT molecular complexity index is 697. The smallest absolute Gasteiger partial charge is 0.164 e. The molecule has 1 aliphatic rings. The third-order valence-corrected chi connectivity index (χ3v) is 7.80. The van der Waals surface area contributed by atoms with Crippen molar-refractivity contribution in [3.8, 4) is 0 Å². The van der Waals surface area contributed by atoms with Gasteiger partial charge in [-0.25, -0.2) is 0 Å². The summed E-state index contributed by atoms with van der Waals surface area (Å²) in [7, 11) is 0. The molecule has 1 rings (SSSR count). The molecule has 1 fully saturated rings. The van der Waals surface area contributed by atoms with E-state index in [-0.39, 0.29) is 10.8 Å². The summed E-state index contributed by atoms with van der Waals surface area (Å²) in [5, 5.41) is 22.3. The minimum absolute atomic E-state index is 0.242. The number of aliphatic hydroxyl groups excluding tert-OH is 2. The standard InChI is InChI=1S/C23H34Cl2I2O4/c1-21(2,3)19(24)11-15(28)13(26)9-17-18(31-23(7,8)30-17)10-14(27)16(29)12-20(25)22(4,5)6/h9-12,15-18,28-29H,1-8H3/b13-9-,14-10-,19-11-,20-12-/t15?,16?,17-,18-/m1/s1. The van der Waals surface area contributed by atoms with Gasteiger partial charge in [0, 0.05) is 17.2 Å². The first-order valence-corrected chi connectivity index (χ1v) is 13.0. The molecule has 1 heterocycles. The Balaban J connectivity index is 3.13. The second kappa shape index (κ2) is 11.5. The summed E-state index contributed by atoms with van der Waals surface area (Å²) < 4.78 is 13.4. The first kappa shape index (κ1) is 29.9. The highest BCUT2D eigenvalue weighted by Crippen LogP contribution is 2.35. The number of hydrogen-bond donors (Lipinski definition) is 2. The average molecular weight is 699 g/mol. The number of aliphatic hydroxyl groups is 2. The molecule has 0 radical (unpaired) electrons. The summed E-state index contributed by atoms with van der Waals surface area (Å²) in [6.45, 7) is 15.6. The molecule has 0 aromatic carbocycles. The van der Waals surface area contributed by atoms with Gasteiger partial charge in [-0.05, 0) is 94.2 Å². The number of halogens is 4. The largest absolute Gasteiger partial charge is 0.384 e. The van der Waals surface area contributed by atoms with Crippen molar-refractivity contribution in [1.29, 1.82) is 0 Å². The maximum absolute atomic E-state index is 10.6. The molecule has 31 heavy (non-hydrogen) atoms. The summed E-state index contributed by atoms with van der Waals surface area (Å²) in [5.74, 6) is -0.802. The normalized spacial score (nSPS) is 26.3. The number of hydrogen-bond acceptors (Lipinski definition) is 4. The Morgan fingerprint density at radius 1 is 0.806 bits per heavy atom. The quantitative estimate of drug-likeness (QED) is 0.288. The molecular formula is C23H34Cl2I2O4. The summed E-state index contributed by atoms with van der Waals surface area (Å²) in [5.41, 5.74) is -0.485. The predicted octanol–water partition coefficient (Wildman–Crippen LogP) is 7.20. The number of rotatable bonds is 6. The van der Waals surface area contributed by atoms with Gasteiger partial charge in [-0.3, -0.25) is 0 Å². The molecule has 2 unspecified atom stereocenters. The minimum atomic E-state index is -0.845. The van der Waals surface area contributed by atoms with Crippen LogP contribution in [0.4, 0.5) is 0 Å². The van der Waals surface area contributed by atoms with Gasteiger partial charge in [-0.1, -0.05) is 64.7 Å². The van der Waals surface area contributed by atoms with Gasteiger partial charge >= 0.3 is 0 Å². The second-order valence-electron chi connectivity index (χ2n) is 10.1. The van der Waals surface area contributed by atoms with Crippen LogP contribution in [0.3, 0.4) is 0 Å². The first-order chi connectivity index (χ1) is 13.8. The fourth-order valence-corrected chi connectivity index (χ4v) is 3.83. The van der Waals surface area contributed by atoms with Gasteiger partial charge in [0.25, 0.3) is 0 Å². The Morgan fingerprint density at radius 2 is 1.10 bits per heavy atom. The molecule has 4 nitrogen and oxygen atoms in total. The van der Waals surface area contributed by atoms with E-state index >= 15 is 0 Å². The monoisotopic (exact) mass is 698 g/mol. The molecule has 0 aliphatic carbocycles. The van der Waals surface area contributed by atoms with Crippen LogP contribution in [0.5, 0.6) is 0 Å². The van der Waals surface area contributed by atoms with Crippen LogP contribution in [0.25, 0.3) is 0 Å². The molecule has 178 valence electrons. The van der Waals surface area contributed by atoms with E-state index in [0.29, 0.717) is 17.2 Å². The van der Waals surface area contributed by atoms with E-state index in [0.717, 1.165) is 0 Å². The van der Waals surface area contributed by atoms with E-state index in [2.05, 4.69) is 45.2 Å². The first-order valence-electron chi connectivity index (χ1n) is 10.1. The van der Waals surface area contributed by atoms with E-state index in [1.54, 1.807) is 12.2 Å². The maximum atomic E-state index is 10.6. The van der Waals surface area contributed by atoms with Gasteiger partial charge in [0.15, 0.2) is 5.79 Å². The molecule has 8 heteroatoms. The lowest BCUT2D eigenvalue weighted by Gasteiger charge is -2.19. The molecule has 0 spiro atoms. The summed E-state index contributed by atoms with van der Waals surface area (Å²) in [6, 6.07) is 0. The fraction of sp³-hybridized carbons (Fsp3) is 0.652. The maximum Gasteiger partial charge on any atom is 0.164 e. The summed E-state index contributed by atoms with van der Waals surface area (Å²) in [6.07, 6.45) is 4.38. The van der Waals surface area contributed by atoms with Crippen LogP contribution in [0, 0.1) is 10.8 Å². The third-order valence-electron chi connectivity index (χ3n) is 4.42. The highest BCUT2D eigenvalue weighted by molar-refractivity contribution is 14.1. The van der Waals surface area contributed by atoms with Crippen LogP contribution in [0.2, 0.25) is 0 Å². The van der Waals surface area contributed by atoms with Crippen molar-refractivity contribution in [2.45, 2.75) is 85.6 Å². The minimum Gasteiger partial charge on any atom is -0.384 e. The molecule has 2 N–H and O–H groups in total. The lowest BCUT2D eigenvalue weighted by Crippen LogP contribution is -2.21.